The van der Waals surface area contributed by atoms with Gasteiger partial charge in [0.2, 0.25) is 5.91 Å². The average molecular weight is 366 g/mol. The number of hydrogen-bond donors (Lipinski definition) is 1. The van der Waals surface area contributed by atoms with Gasteiger partial charge >= 0.3 is 0 Å². The number of rotatable bonds is 4. The van der Waals surface area contributed by atoms with Crippen molar-refractivity contribution in [2.45, 2.75) is 13.0 Å². The Morgan fingerprint density at radius 1 is 1.19 bits per heavy atom. The highest BCUT2D eigenvalue weighted by molar-refractivity contribution is 5.95. The first-order valence-electron chi connectivity index (χ1n) is 8.99. The quantitative estimate of drug-likeness (QED) is 0.756. The number of carbonyl (C=O) groups excluding carboxylic acids is 1. The molecule has 4 rings (SSSR count). The van der Waals surface area contributed by atoms with Crippen LogP contribution >= 0.6 is 0 Å². The predicted octanol–water partition coefficient (Wildman–Crippen LogP) is 1.69. The maximum absolute atomic E-state index is 12.6. The van der Waals surface area contributed by atoms with Crippen LogP contribution in [0.3, 0.4) is 0 Å². The fraction of sp³-hybridized carbons (Fsp3) is 0.368. The van der Waals surface area contributed by atoms with Crippen LogP contribution in [0.25, 0.3) is 22.0 Å². The third-order valence-electron chi connectivity index (χ3n) is 4.85. The van der Waals surface area contributed by atoms with E-state index in [1.165, 1.54) is 0 Å². The van der Waals surface area contributed by atoms with Crippen LogP contribution in [0.2, 0.25) is 0 Å². The van der Waals surface area contributed by atoms with Crippen molar-refractivity contribution in [1.82, 2.24) is 24.9 Å². The normalized spacial score (nSPS) is 16.4. The minimum absolute atomic E-state index is 0.0889. The standard InChI is InChI=1S/C19H22N6O2/c1-13(25-5-7-27-8-6-25)19(26)21-18-10-15-9-14(3-4-17(15)22-23-18)16-11-20-24(2)12-16/h3-4,9-13H,5-8H2,1-2H3,(H,21,23,26). The minimum atomic E-state index is -0.242. The number of benzene rings is 1. The molecule has 1 atom stereocenters. The van der Waals surface area contributed by atoms with E-state index in [4.69, 9.17) is 4.74 Å². The molecule has 0 radical (unpaired) electrons. The number of nitrogens with one attached hydrogen (secondary N) is 1. The lowest BCUT2D eigenvalue weighted by molar-refractivity contribution is -0.122. The number of anilines is 1. The largest absolute Gasteiger partial charge is 0.379 e. The molecule has 0 saturated carbocycles. The van der Waals surface area contributed by atoms with E-state index in [1.807, 2.05) is 50.6 Å². The average Bonchev–Trinajstić information content (AvgIpc) is 3.14. The number of ether oxygens (including phenoxy) is 1. The molecular formula is C19H22N6O2. The number of aryl methyl sites for hydroxylation is 1. The molecule has 8 heteroatoms. The van der Waals surface area contributed by atoms with Gasteiger partial charge in [0, 0.05) is 37.3 Å². The van der Waals surface area contributed by atoms with Gasteiger partial charge in [-0.25, -0.2) is 0 Å². The van der Waals surface area contributed by atoms with E-state index in [9.17, 15) is 4.79 Å². The van der Waals surface area contributed by atoms with Crippen molar-refractivity contribution in [1.29, 1.82) is 0 Å². The van der Waals surface area contributed by atoms with Crippen LogP contribution in [-0.4, -0.2) is 63.1 Å². The maximum Gasteiger partial charge on any atom is 0.242 e. The van der Waals surface area contributed by atoms with E-state index in [-0.39, 0.29) is 11.9 Å². The Kier molecular flexibility index (Phi) is 4.83. The molecule has 8 nitrogen and oxygen atoms in total. The summed E-state index contributed by atoms with van der Waals surface area (Å²) in [7, 11) is 1.89. The number of hydrogen-bond acceptors (Lipinski definition) is 6. The van der Waals surface area contributed by atoms with Gasteiger partial charge in [-0.2, -0.15) is 5.10 Å². The number of fused-ring (bicyclic) bond motifs is 1. The van der Waals surface area contributed by atoms with Crippen molar-refractivity contribution in [3.05, 3.63) is 36.7 Å². The fourth-order valence-corrected chi connectivity index (χ4v) is 3.22. The smallest absolute Gasteiger partial charge is 0.242 e. The summed E-state index contributed by atoms with van der Waals surface area (Å²) in [4.78, 5) is 14.7. The number of aromatic nitrogens is 4. The number of morpholine rings is 1. The number of nitrogens with zero attached hydrogens (tertiary/aromatic N) is 5. The van der Waals surface area contributed by atoms with Crippen LogP contribution in [0.15, 0.2) is 36.7 Å². The molecule has 3 aromatic rings. The zero-order valence-electron chi connectivity index (χ0n) is 15.4. The lowest BCUT2D eigenvalue weighted by atomic mass is 10.1. The summed E-state index contributed by atoms with van der Waals surface area (Å²) in [6.45, 7) is 4.73. The maximum atomic E-state index is 12.6. The van der Waals surface area contributed by atoms with Crippen LogP contribution in [-0.2, 0) is 16.6 Å². The van der Waals surface area contributed by atoms with Gasteiger partial charge in [-0.15, -0.1) is 10.2 Å². The Balaban J connectivity index is 1.54. The predicted molar refractivity (Wildman–Crippen MR) is 102 cm³/mol. The molecule has 0 spiro atoms. The molecule has 1 aliphatic rings. The monoisotopic (exact) mass is 366 g/mol. The highest BCUT2D eigenvalue weighted by Crippen LogP contribution is 2.24. The van der Waals surface area contributed by atoms with Crippen LogP contribution in [0.5, 0.6) is 0 Å². The first-order valence-corrected chi connectivity index (χ1v) is 8.99. The van der Waals surface area contributed by atoms with Crippen LogP contribution in [0.1, 0.15) is 6.92 Å². The first kappa shape index (κ1) is 17.6. The van der Waals surface area contributed by atoms with Gasteiger partial charge in [0.25, 0.3) is 0 Å². The zero-order chi connectivity index (χ0) is 18.8. The second-order valence-electron chi connectivity index (χ2n) is 6.72. The first-order chi connectivity index (χ1) is 13.1. The minimum Gasteiger partial charge on any atom is -0.379 e. The summed E-state index contributed by atoms with van der Waals surface area (Å²) in [6, 6.07) is 7.56. The van der Waals surface area contributed by atoms with Crippen molar-refractivity contribution in [3.63, 3.8) is 0 Å². The summed E-state index contributed by atoms with van der Waals surface area (Å²) < 4.78 is 7.11. The topological polar surface area (TPSA) is 85.2 Å². The molecule has 0 bridgehead atoms. The Bertz CT molecular complexity index is 964. The molecule has 0 aliphatic carbocycles. The summed E-state index contributed by atoms with van der Waals surface area (Å²) in [5, 5.41) is 16.4. The lowest BCUT2D eigenvalue weighted by Crippen LogP contribution is -2.47. The Morgan fingerprint density at radius 2 is 2.00 bits per heavy atom. The fourth-order valence-electron chi connectivity index (χ4n) is 3.22. The highest BCUT2D eigenvalue weighted by Gasteiger charge is 2.23. The van der Waals surface area contributed by atoms with Crippen LogP contribution in [0, 0.1) is 0 Å². The third-order valence-corrected chi connectivity index (χ3v) is 4.85. The summed E-state index contributed by atoms with van der Waals surface area (Å²) in [6.07, 6.45) is 3.78. The molecule has 1 aromatic carbocycles. The zero-order valence-corrected chi connectivity index (χ0v) is 15.4. The van der Waals surface area contributed by atoms with Crippen molar-refractivity contribution >= 4 is 22.6 Å². The summed E-state index contributed by atoms with van der Waals surface area (Å²) >= 11 is 0. The van der Waals surface area contributed by atoms with E-state index < -0.39 is 0 Å². The van der Waals surface area contributed by atoms with Crippen molar-refractivity contribution in [2.24, 2.45) is 7.05 Å². The summed E-state index contributed by atoms with van der Waals surface area (Å²) in [5.74, 6) is 0.366. The highest BCUT2D eigenvalue weighted by atomic mass is 16.5. The van der Waals surface area contributed by atoms with E-state index >= 15 is 0 Å². The van der Waals surface area contributed by atoms with Crippen molar-refractivity contribution in [3.8, 4) is 11.1 Å². The third kappa shape index (κ3) is 3.81. The van der Waals surface area contributed by atoms with Crippen LogP contribution in [0.4, 0.5) is 5.82 Å². The molecular weight excluding hydrogens is 344 g/mol. The van der Waals surface area contributed by atoms with Gasteiger partial charge in [-0.1, -0.05) is 6.07 Å². The molecule has 1 unspecified atom stereocenters. The van der Waals surface area contributed by atoms with Gasteiger partial charge in [-0.05, 0) is 30.7 Å². The number of carbonyl (C=O) groups is 1. The second kappa shape index (κ2) is 7.42. The summed E-state index contributed by atoms with van der Waals surface area (Å²) in [5.41, 5.74) is 2.85. The Labute approximate surface area is 157 Å². The van der Waals surface area contributed by atoms with Crippen molar-refractivity contribution in [2.75, 3.05) is 31.6 Å². The number of amides is 1. The van der Waals surface area contributed by atoms with E-state index in [0.29, 0.717) is 19.0 Å². The van der Waals surface area contributed by atoms with Gasteiger partial charge < -0.3 is 10.1 Å². The Morgan fingerprint density at radius 3 is 2.74 bits per heavy atom. The van der Waals surface area contributed by atoms with Gasteiger partial charge in [0.1, 0.15) is 0 Å². The van der Waals surface area contributed by atoms with E-state index in [0.717, 1.165) is 35.1 Å². The SMILES string of the molecule is CC(C(=O)Nc1cc2cc(-c3cnn(C)c3)ccc2nn1)N1CCOCC1. The molecule has 140 valence electrons. The molecule has 1 amide bonds. The van der Waals surface area contributed by atoms with Gasteiger partial charge in [0.15, 0.2) is 5.82 Å². The lowest BCUT2D eigenvalue weighted by Gasteiger charge is -2.31. The van der Waals surface area contributed by atoms with E-state index in [2.05, 4.69) is 25.5 Å². The molecule has 27 heavy (non-hydrogen) atoms. The molecule has 1 saturated heterocycles. The molecule has 3 heterocycles. The Hall–Kier alpha value is -2.84. The second-order valence-corrected chi connectivity index (χ2v) is 6.72. The van der Waals surface area contributed by atoms with Gasteiger partial charge in [0.05, 0.1) is 31.0 Å². The van der Waals surface area contributed by atoms with Crippen molar-refractivity contribution < 1.29 is 9.53 Å². The molecule has 1 N–H and O–H groups in total. The molecule has 1 aliphatic heterocycles. The van der Waals surface area contributed by atoms with Crippen LogP contribution < -0.4 is 5.32 Å². The van der Waals surface area contributed by atoms with E-state index in [1.54, 1.807) is 4.68 Å². The molecule has 1 fully saturated rings. The van der Waals surface area contributed by atoms with Gasteiger partial charge in [-0.3, -0.25) is 14.4 Å². The molecule has 2 aromatic heterocycles.